The van der Waals surface area contributed by atoms with E-state index >= 15 is 0 Å². The molecule has 0 fully saturated rings. The summed E-state index contributed by atoms with van der Waals surface area (Å²) in [7, 11) is 0. The molecule has 12 nitrogen and oxygen atoms in total. The average Bonchev–Trinajstić information content (AvgIpc) is 2.08. The fourth-order valence-electron chi connectivity index (χ4n) is 0. The van der Waals surface area contributed by atoms with Gasteiger partial charge in [-0.3, -0.25) is 0 Å². The van der Waals surface area contributed by atoms with Crippen molar-refractivity contribution < 1.29 is 19.8 Å². The van der Waals surface area contributed by atoms with Crippen molar-refractivity contribution in [3.63, 3.8) is 0 Å². The molecule has 0 rings (SSSR count). The van der Waals surface area contributed by atoms with Crippen LogP contribution in [-0.2, 0) is 93.1 Å². The summed E-state index contributed by atoms with van der Waals surface area (Å²) in [4.78, 5) is 0. The van der Waals surface area contributed by atoms with Crippen LogP contribution in [0.2, 0.25) is 0 Å². The maximum atomic E-state index is 4.67. The molecule has 0 saturated heterocycles. The number of thiol groups is 6. The summed E-state index contributed by atoms with van der Waals surface area (Å²) in [6, 6.07) is 0. The predicted octanol–water partition coefficient (Wildman–Crippen LogP) is -10.4. The van der Waals surface area contributed by atoms with Gasteiger partial charge in [0.05, 0.1) is 0 Å². The molecule has 0 radical (unpaired) electrons. The Morgan fingerprint density at radius 3 is 0.280 bits per heavy atom. The van der Waals surface area contributed by atoms with Crippen molar-refractivity contribution in [3.8, 4) is 0 Å². The normalized spacial score (nSPS) is 6.24. The third-order valence-electron chi connectivity index (χ3n) is 0. The summed E-state index contributed by atoms with van der Waals surface area (Å²) >= 11 is 20.6. The van der Waals surface area contributed by atoms with E-state index in [1.165, 1.54) is 0 Å². The average molecular weight is 653 g/mol. The topological polar surface area (TPSA) is 312 Å². The van der Waals surface area contributed by atoms with Crippen LogP contribution in [0, 0.1) is 0 Å². The van der Waals surface area contributed by atoms with Gasteiger partial charge in [0.1, 0.15) is 0 Å². The maximum Gasteiger partial charge on any atom is 0.312 e. The van der Waals surface area contributed by atoms with Gasteiger partial charge in [0.25, 0.3) is 0 Å². The smallest absolute Gasteiger partial charge is 0.243 e. The molecule has 0 aromatic heterocycles. The summed E-state index contributed by atoms with van der Waals surface area (Å²) < 4.78 is 0. The van der Waals surface area contributed by atoms with E-state index in [0.29, 0.717) is 0 Å². The van der Waals surface area contributed by atoms with E-state index in [2.05, 4.69) is 142 Å². The number of nitrogens with two attached hydrogens (primary N) is 12. The molecular weight excluding hydrogens is 623 g/mol. The Morgan fingerprint density at radius 1 is 0.280 bits per heavy atom. The van der Waals surface area contributed by atoms with E-state index in [4.69, 9.17) is 0 Å². The molecule has 0 saturated carbocycles. The summed E-state index contributed by atoms with van der Waals surface area (Å²) in [6.45, 7) is 0. The van der Waals surface area contributed by atoms with E-state index in [-0.39, 0.29) is 50.5 Å². The van der Waals surface area contributed by atoms with Crippen LogP contribution >= 0.6 is 0 Å². The van der Waals surface area contributed by atoms with E-state index in [1.807, 2.05) is 0 Å². The Morgan fingerprint density at radius 2 is 0.280 bits per heavy atom. The zero-order chi connectivity index (χ0) is 21.5. The minimum absolute atomic E-state index is 0. The van der Waals surface area contributed by atoms with Crippen LogP contribution in [0.3, 0.4) is 0 Å². The van der Waals surface area contributed by atoms with Crippen LogP contribution in [0.5, 0.6) is 0 Å². The van der Waals surface area contributed by atoms with E-state index in [1.54, 1.807) is 0 Å². The van der Waals surface area contributed by atoms with Crippen LogP contribution in [0.1, 0.15) is 0 Å². The molecule has 0 spiro atoms. The molecule has 0 bridgehead atoms. The standard InChI is InChI=1S/6CH4N2S.Os/c6*2-1(3)4;/h6*(H4,2,3,4);/p+6. The molecule has 0 aliphatic heterocycles. The molecule has 0 amide bonds. The van der Waals surface area contributed by atoms with Crippen LogP contribution < -0.4 is 68.8 Å². The molecule has 152 valence electrons. The molecule has 0 atom stereocenters. The molecule has 0 aliphatic carbocycles. The fourth-order valence-corrected chi connectivity index (χ4v) is 0. The first-order valence-electron chi connectivity index (χ1n) is 4.81. The zero-order valence-corrected chi connectivity index (χ0v) is 20.9. The summed E-state index contributed by atoms with van der Waals surface area (Å²) in [5, 5.41) is 0.667. The van der Waals surface area contributed by atoms with E-state index < -0.39 is 0 Å². The number of rotatable bonds is 0. The van der Waals surface area contributed by atoms with Crippen LogP contribution in [0.4, 0.5) is 0 Å². The molecule has 19 heteroatoms. The van der Waals surface area contributed by atoms with Gasteiger partial charge in [-0.05, 0) is 0 Å². The second-order valence-electron chi connectivity index (χ2n) is 2.55. The molecule has 0 aromatic rings. The van der Waals surface area contributed by atoms with Crippen LogP contribution in [0.25, 0.3) is 0 Å². The van der Waals surface area contributed by atoms with Gasteiger partial charge in [-0.25, -0.2) is 68.8 Å². The molecule has 0 aromatic carbocycles. The van der Waals surface area contributed by atoms with Gasteiger partial charge in [-0.2, -0.15) is 0 Å². The summed E-state index contributed by atoms with van der Waals surface area (Å²) in [6.07, 6.45) is 0. The SMILES string of the molecule is NC(N)=[SH+].NC(N)=[SH+].NC(N)=[SH+].NC(N)=[SH+].NC(N)=[SH+].NC(N)=[SH+].[Os]. The second kappa shape index (κ2) is 39.7. The van der Waals surface area contributed by atoms with Crippen molar-refractivity contribution in [1.29, 1.82) is 0 Å². The molecular formula is C6H30N12OsS6+6. The first-order chi connectivity index (χ1) is 10.4. The predicted molar refractivity (Wildman–Crippen MR) is 133 cm³/mol. The Kier molecular flexibility index (Phi) is 71.1. The second-order valence-corrected chi connectivity index (χ2v) is 5.65. The van der Waals surface area contributed by atoms with Crippen molar-refractivity contribution in [2.75, 3.05) is 0 Å². The van der Waals surface area contributed by atoms with E-state index in [0.717, 1.165) is 0 Å². The third-order valence-corrected chi connectivity index (χ3v) is 0. The van der Waals surface area contributed by atoms with Gasteiger partial charge >= 0.3 is 30.7 Å². The molecule has 0 unspecified atom stereocenters. The quantitative estimate of drug-likeness (QED) is 0.0659. The van der Waals surface area contributed by atoms with Crippen molar-refractivity contribution in [2.24, 2.45) is 68.8 Å². The van der Waals surface area contributed by atoms with Gasteiger partial charge in [-0.15, -0.1) is 0 Å². The van der Waals surface area contributed by atoms with Gasteiger partial charge in [0, 0.05) is 19.8 Å². The van der Waals surface area contributed by atoms with Crippen molar-refractivity contribution >= 4 is 104 Å². The Hall–Kier alpha value is 0.696. The number of hydrogen-bond acceptors (Lipinski definition) is 0. The maximum absolute atomic E-state index is 4.67. The van der Waals surface area contributed by atoms with Gasteiger partial charge in [0.2, 0.25) is 0 Å². The Balaban J connectivity index is -0.0000000309. The summed E-state index contributed by atoms with van der Waals surface area (Å²) in [5.41, 5.74) is 56.0. The Bertz CT molecular complexity index is 273. The summed E-state index contributed by atoms with van der Waals surface area (Å²) in [5.74, 6) is 0. The molecule has 25 heavy (non-hydrogen) atoms. The van der Waals surface area contributed by atoms with Gasteiger partial charge in [0.15, 0.2) is 73.3 Å². The largest absolute Gasteiger partial charge is 0.312 e. The Labute approximate surface area is 191 Å². The molecule has 0 aliphatic rings. The molecule has 24 N–H and O–H groups in total. The zero-order valence-electron chi connectivity index (χ0n) is 13.0. The first kappa shape index (κ1) is 44.8. The van der Waals surface area contributed by atoms with Crippen LogP contribution in [0.15, 0.2) is 0 Å². The fraction of sp³-hybridized carbons (Fsp3) is 0. The minimum Gasteiger partial charge on any atom is -0.243 e. The third kappa shape index (κ3) is 26200. The van der Waals surface area contributed by atoms with Crippen molar-refractivity contribution in [1.82, 2.24) is 0 Å². The van der Waals surface area contributed by atoms with E-state index in [9.17, 15) is 0 Å². The van der Waals surface area contributed by atoms with Crippen molar-refractivity contribution in [2.45, 2.75) is 0 Å². The first-order valence-corrected chi connectivity index (χ1v) is 7.49. The number of hydrogen-bond donors (Lipinski definition) is 12. The monoisotopic (exact) mass is 654 g/mol. The van der Waals surface area contributed by atoms with Crippen LogP contribution in [-0.4, -0.2) is 30.7 Å². The van der Waals surface area contributed by atoms with Crippen molar-refractivity contribution in [3.05, 3.63) is 0 Å². The minimum atomic E-state index is 0. The van der Waals surface area contributed by atoms with Gasteiger partial charge < -0.3 is 0 Å². The molecule has 0 heterocycles. The van der Waals surface area contributed by atoms with Gasteiger partial charge in [-0.1, -0.05) is 0 Å².